The van der Waals surface area contributed by atoms with E-state index in [2.05, 4.69) is 10.0 Å². The molecule has 0 bridgehead atoms. The number of hydrogen-bond donors (Lipinski definition) is 2. The first-order chi connectivity index (χ1) is 17.6. The van der Waals surface area contributed by atoms with Crippen molar-refractivity contribution >= 4 is 60.7 Å². The van der Waals surface area contributed by atoms with Crippen molar-refractivity contribution in [3.63, 3.8) is 0 Å². The predicted octanol–water partition coefficient (Wildman–Crippen LogP) is 4.14. The highest BCUT2D eigenvalue weighted by atomic mass is 35.5. The molecule has 2 N–H and O–H groups in total. The highest BCUT2D eigenvalue weighted by molar-refractivity contribution is 7.99. The van der Waals surface area contributed by atoms with E-state index in [-0.39, 0.29) is 21.0 Å². The van der Waals surface area contributed by atoms with Gasteiger partial charge in [-0.25, -0.2) is 16.8 Å². The smallest absolute Gasteiger partial charge is 0.261 e. The van der Waals surface area contributed by atoms with Gasteiger partial charge in [0, 0.05) is 35.3 Å². The van der Waals surface area contributed by atoms with Crippen LogP contribution in [0.1, 0.15) is 10.4 Å². The molecule has 0 unspecified atom stereocenters. The van der Waals surface area contributed by atoms with Crippen molar-refractivity contribution in [1.29, 1.82) is 0 Å². The Morgan fingerprint density at radius 2 is 1.54 bits per heavy atom. The van der Waals surface area contributed by atoms with Crippen LogP contribution in [0.5, 0.6) is 5.75 Å². The maximum absolute atomic E-state index is 13.2. The number of benzene rings is 3. The van der Waals surface area contributed by atoms with E-state index in [9.17, 15) is 21.6 Å². The third kappa shape index (κ3) is 6.39. The summed E-state index contributed by atoms with van der Waals surface area (Å²) in [6.45, 7) is 0.909. The molecule has 3 aromatic rings. The van der Waals surface area contributed by atoms with Gasteiger partial charge < -0.3 is 10.1 Å². The number of thioether (sulfide) groups is 1. The third-order valence-electron chi connectivity index (χ3n) is 5.56. The van der Waals surface area contributed by atoms with E-state index < -0.39 is 26.0 Å². The monoisotopic (exact) mass is 581 g/mol. The van der Waals surface area contributed by atoms with Gasteiger partial charge in [-0.1, -0.05) is 11.6 Å². The van der Waals surface area contributed by atoms with Gasteiger partial charge in [0.05, 0.1) is 28.2 Å². The maximum Gasteiger partial charge on any atom is 0.261 e. The Kier molecular flexibility index (Phi) is 8.34. The van der Waals surface area contributed by atoms with Crippen molar-refractivity contribution in [2.75, 3.05) is 41.7 Å². The summed E-state index contributed by atoms with van der Waals surface area (Å²) in [7, 11) is -6.21. The molecule has 3 aromatic carbocycles. The summed E-state index contributed by atoms with van der Waals surface area (Å²) in [4.78, 5) is 13.3. The van der Waals surface area contributed by atoms with Gasteiger partial charge >= 0.3 is 0 Å². The fourth-order valence-corrected chi connectivity index (χ4v) is 7.37. The number of amides is 1. The average molecular weight is 582 g/mol. The van der Waals surface area contributed by atoms with Crippen LogP contribution in [0.3, 0.4) is 0 Å². The first-order valence-electron chi connectivity index (χ1n) is 11.1. The molecule has 37 heavy (non-hydrogen) atoms. The lowest BCUT2D eigenvalue weighted by Crippen LogP contribution is -2.37. The van der Waals surface area contributed by atoms with E-state index in [1.165, 1.54) is 78.1 Å². The van der Waals surface area contributed by atoms with Gasteiger partial charge in [0.15, 0.2) is 0 Å². The molecule has 9 nitrogen and oxygen atoms in total. The zero-order valence-corrected chi connectivity index (χ0v) is 22.9. The van der Waals surface area contributed by atoms with E-state index in [1.54, 1.807) is 11.8 Å². The van der Waals surface area contributed by atoms with Crippen LogP contribution < -0.4 is 14.8 Å². The Hall–Kier alpha value is -2.77. The van der Waals surface area contributed by atoms with Crippen LogP contribution in [-0.2, 0) is 20.0 Å². The minimum Gasteiger partial charge on any atom is -0.497 e. The molecule has 1 aliphatic heterocycles. The van der Waals surface area contributed by atoms with E-state index in [1.807, 2.05) is 0 Å². The van der Waals surface area contributed by atoms with Crippen LogP contribution in [0, 0.1) is 0 Å². The number of carbonyl (C=O) groups excluding carboxylic acids is 1. The second-order valence-electron chi connectivity index (χ2n) is 7.97. The summed E-state index contributed by atoms with van der Waals surface area (Å²) >= 11 is 7.57. The Morgan fingerprint density at radius 1 is 0.919 bits per heavy atom. The zero-order valence-electron chi connectivity index (χ0n) is 19.7. The molecular formula is C24H24ClN3O6S3. The summed E-state index contributed by atoms with van der Waals surface area (Å²) in [5, 5.41) is 3.07. The fourth-order valence-electron chi connectivity index (χ4n) is 3.59. The molecule has 1 amide bonds. The lowest BCUT2D eigenvalue weighted by molar-refractivity contribution is 0.102. The molecule has 0 saturated carbocycles. The lowest BCUT2D eigenvalue weighted by Gasteiger charge is -2.25. The lowest BCUT2D eigenvalue weighted by atomic mass is 10.1. The molecule has 1 aliphatic rings. The van der Waals surface area contributed by atoms with Crippen molar-refractivity contribution in [2.24, 2.45) is 0 Å². The zero-order chi connectivity index (χ0) is 26.6. The van der Waals surface area contributed by atoms with Gasteiger partial charge in [0.1, 0.15) is 5.75 Å². The van der Waals surface area contributed by atoms with Gasteiger partial charge in [-0.05, 0) is 66.7 Å². The quantitative estimate of drug-likeness (QED) is 0.410. The van der Waals surface area contributed by atoms with Crippen molar-refractivity contribution in [2.45, 2.75) is 9.79 Å². The Bertz CT molecular complexity index is 1490. The highest BCUT2D eigenvalue weighted by Crippen LogP contribution is 2.27. The highest BCUT2D eigenvalue weighted by Gasteiger charge is 2.26. The molecule has 13 heteroatoms. The van der Waals surface area contributed by atoms with Crippen molar-refractivity contribution in [3.8, 4) is 5.75 Å². The van der Waals surface area contributed by atoms with E-state index in [0.29, 0.717) is 29.5 Å². The number of rotatable bonds is 8. The van der Waals surface area contributed by atoms with Crippen LogP contribution in [0.2, 0.25) is 5.02 Å². The van der Waals surface area contributed by atoms with Crippen LogP contribution in [0.15, 0.2) is 76.5 Å². The van der Waals surface area contributed by atoms with Gasteiger partial charge in [-0.2, -0.15) is 16.1 Å². The van der Waals surface area contributed by atoms with Gasteiger partial charge in [0.25, 0.3) is 15.9 Å². The molecule has 0 spiro atoms. The van der Waals surface area contributed by atoms with Crippen LogP contribution in [0.25, 0.3) is 0 Å². The van der Waals surface area contributed by atoms with Crippen molar-refractivity contribution < 1.29 is 26.4 Å². The average Bonchev–Trinajstić information content (AvgIpc) is 2.89. The molecule has 0 atom stereocenters. The molecule has 196 valence electrons. The van der Waals surface area contributed by atoms with Crippen molar-refractivity contribution in [1.82, 2.24) is 4.31 Å². The summed E-state index contributed by atoms with van der Waals surface area (Å²) in [6, 6.07) is 15.8. The topological polar surface area (TPSA) is 122 Å². The molecule has 0 radical (unpaired) electrons. The van der Waals surface area contributed by atoms with Gasteiger partial charge in [0.2, 0.25) is 10.0 Å². The largest absolute Gasteiger partial charge is 0.497 e. The molecule has 1 fully saturated rings. The summed E-state index contributed by atoms with van der Waals surface area (Å²) in [5.41, 5.74) is 0.391. The second kappa shape index (κ2) is 11.3. The minimum absolute atomic E-state index is 0.0133. The number of methoxy groups -OCH3 is 1. The molecule has 0 aliphatic carbocycles. The summed E-state index contributed by atoms with van der Waals surface area (Å²) < 4.78 is 60.6. The standard InChI is InChI=1S/C24H24ClN3O6S3/c1-34-19-6-11-23(27-36(30,31)20-7-2-17(25)3-8-20)22(16-19)24(29)26-18-4-9-21(10-5-18)37(32,33)28-12-14-35-15-13-28/h2-11,16,27H,12-15H2,1H3,(H,26,29). The first-order valence-corrected chi connectivity index (χ1v) is 15.5. The van der Waals surface area contributed by atoms with E-state index in [4.69, 9.17) is 16.3 Å². The molecule has 1 heterocycles. The van der Waals surface area contributed by atoms with Crippen LogP contribution in [-0.4, -0.2) is 58.8 Å². The number of carbonyl (C=O) groups is 1. The van der Waals surface area contributed by atoms with E-state index in [0.717, 1.165) is 11.5 Å². The molecule has 0 aromatic heterocycles. The fraction of sp³-hybridized carbons (Fsp3) is 0.208. The number of hydrogen-bond acceptors (Lipinski definition) is 7. The Labute approximate surface area is 225 Å². The number of nitrogens with zero attached hydrogens (tertiary/aromatic N) is 1. The second-order valence-corrected chi connectivity index (χ2v) is 13.2. The Balaban J connectivity index is 1.56. The number of ether oxygens (including phenoxy) is 1. The summed E-state index contributed by atoms with van der Waals surface area (Å²) in [5.74, 6) is 1.23. The molecule has 4 rings (SSSR count). The number of halogens is 1. The normalized spacial score (nSPS) is 14.6. The van der Waals surface area contributed by atoms with Crippen molar-refractivity contribution in [3.05, 3.63) is 77.3 Å². The number of sulfonamides is 2. The predicted molar refractivity (Wildman–Crippen MR) is 146 cm³/mol. The van der Waals surface area contributed by atoms with Crippen LogP contribution in [0.4, 0.5) is 11.4 Å². The maximum atomic E-state index is 13.2. The van der Waals surface area contributed by atoms with Gasteiger partial charge in [-0.3, -0.25) is 9.52 Å². The SMILES string of the molecule is COc1ccc(NS(=O)(=O)c2ccc(Cl)cc2)c(C(=O)Nc2ccc(S(=O)(=O)N3CCSCC3)cc2)c1. The number of anilines is 2. The van der Waals surface area contributed by atoms with E-state index >= 15 is 0 Å². The molecule has 1 saturated heterocycles. The number of nitrogens with one attached hydrogen (secondary N) is 2. The van der Waals surface area contributed by atoms with Gasteiger partial charge in [-0.15, -0.1) is 0 Å². The van der Waals surface area contributed by atoms with Crippen LogP contribution >= 0.6 is 23.4 Å². The first kappa shape index (κ1) is 27.3. The third-order valence-corrected chi connectivity index (χ3v) is 10.0. The Morgan fingerprint density at radius 3 is 2.16 bits per heavy atom. The minimum atomic E-state index is -4.01. The molecular weight excluding hydrogens is 558 g/mol. The summed E-state index contributed by atoms with van der Waals surface area (Å²) in [6.07, 6.45) is 0.